The molecule has 2 aliphatic rings. The zero-order valence-corrected chi connectivity index (χ0v) is 13.7. The minimum Gasteiger partial charge on any atom is -0.386 e. The SMILES string of the molecule is CN1CCc2ccc(C(C)(C)O)cc2C1C1CCCCC1. The summed E-state index contributed by atoms with van der Waals surface area (Å²) in [7, 11) is 2.28. The topological polar surface area (TPSA) is 23.5 Å². The Morgan fingerprint density at radius 2 is 1.86 bits per heavy atom. The monoisotopic (exact) mass is 287 g/mol. The van der Waals surface area contributed by atoms with Gasteiger partial charge in [-0.2, -0.15) is 0 Å². The van der Waals surface area contributed by atoms with Crippen molar-refractivity contribution < 1.29 is 5.11 Å². The van der Waals surface area contributed by atoms with Gasteiger partial charge in [0.1, 0.15) is 0 Å². The van der Waals surface area contributed by atoms with Crippen LogP contribution in [-0.4, -0.2) is 23.6 Å². The Balaban J connectivity index is 1.98. The molecule has 2 heteroatoms. The average molecular weight is 287 g/mol. The third-order valence-electron chi connectivity index (χ3n) is 5.48. The van der Waals surface area contributed by atoms with Crippen LogP contribution in [0.1, 0.15) is 68.7 Å². The predicted octanol–water partition coefficient (Wildman–Crippen LogP) is 4.02. The van der Waals surface area contributed by atoms with Crippen molar-refractivity contribution in [2.75, 3.05) is 13.6 Å². The minimum absolute atomic E-state index is 0.552. The Hall–Kier alpha value is -0.860. The summed E-state index contributed by atoms with van der Waals surface area (Å²) in [6.45, 7) is 4.93. The van der Waals surface area contributed by atoms with Gasteiger partial charge in [0, 0.05) is 12.6 Å². The maximum atomic E-state index is 10.3. The Morgan fingerprint density at radius 1 is 1.14 bits per heavy atom. The molecule has 0 radical (unpaired) electrons. The summed E-state index contributed by atoms with van der Waals surface area (Å²) in [5.74, 6) is 0.792. The van der Waals surface area contributed by atoms with Crippen molar-refractivity contribution in [1.82, 2.24) is 4.90 Å². The highest BCUT2D eigenvalue weighted by Gasteiger charge is 2.33. The van der Waals surface area contributed by atoms with Gasteiger partial charge in [0.05, 0.1) is 5.60 Å². The van der Waals surface area contributed by atoms with Crippen molar-refractivity contribution in [3.8, 4) is 0 Å². The molecule has 1 saturated carbocycles. The van der Waals surface area contributed by atoms with Crippen LogP contribution >= 0.6 is 0 Å². The van der Waals surface area contributed by atoms with Gasteiger partial charge in [0.25, 0.3) is 0 Å². The molecule has 21 heavy (non-hydrogen) atoms. The van der Waals surface area contributed by atoms with Crippen LogP contribution in [0.25, 0.3) is 0 Å². The molecule has 1 aromatic carbocycles. The highest BCUT2D eigenvalue weighted by atomic mass is 16.3. The maximum absolute atomic E-state index is 10.3. The highest BCUT2D eigenvalue weighted by Crippen LogP contribution is 2.42. The quantitative estimate of drug-likeness (QED) is 0.888. The predicted molar refractivity (Wildman–Crippen MR) is 87.3 cm³/mol. The van der Waals surface area contributed by atoms with E-state index in [1.165, 1.54) is 43.2 Å². The van der Waals surface area contributed by atoms with Gasteiger partial charge in [-0.05, 0) is 62.8 Å². The summed E-state index contributed by atoms with van der Waals surface area (Å²) in [5, 5.41) is 10.3. The molecule has 1 atom stereocenters. The first-order valence-corrected chi connectivity index (χ1v) is 8.53. The van der Waals surface area contributed by atoms with E-state index in [0.717, 1.165) is 24.4 Å². The van der Waals surface area contributed by atoms with Gasteiger partial charge in [-0.1, -0.05) is 37.5 Å². The van der Waals surface area contributed by atoms with Crippen LogP contribution in [0, 0.1) is 5.92 Å². The van der Waals surface area contributed by atoms with Gasteiger partial charge in [-0.3, -0.25) is 4.90 Å². The molecule has 0 saturated heterocycles. The van der Waals surface area contributed by atoms with Crippen LogP contribution < -0.4 is 0 Å². The van der Waals surface area contributed by atoms with Gasteiger partial charge in [0.15, 0.2) is 0 Å². The van der Waals surface area contributed by atoms with Gasteiger partial charge in [-0.15, -0.1) is 0 Å². The Labute approximate surface area is 129 Å². The number of nitrogens with zero attached hydrogens (tertiary/aromatic N) is 1. The van der Waals surface area contributed by atoms with E-state index in [1.54, 1.807) is 0 Å². The van der Waals surface area contributed by atoms with Crippen LogP contribution in [0.4, 0.5) is 0 Å². The number of hydrogen-bond donors (Lipinski definition) is 1. The van der Waals surface area contributed by atoms with Gasteiger partial charge in [0.2, 0.25) is 0 Å². The number of fused-ring (bicyclic) bond motifs is 1. The van der Waals surface area contributed by atoms with Crippen LogP contribution in [0.3, 0.4) is 0 Å². The van der Waals surface area contributed by atoms with Gasteiger partial charge < -0.3 is 5.11 Å². The van der Waals surface area contributed by atoms with E-state index in [0.29, 0.717) is 6.04 Å². The molecule has 2 nitrogen and oxygen atoms in total. The number of rotatable bonds is 2. The average Bonchev–Trinajstić information content (AvgIpc) is 2.46. The molecule has 1 aliphatic carbocycles. The van der Waals surface area contributed by atoms with Crippen LogP contribution in [-0.2, 0) is 12.0 Å². The summed E-state index contributed by atoms with van der Waals surface area (Å²) < 4.78 is 0. The van der Waals surface area contributed by atoms with E-state index in [-0.39, 0.29) is 0 Å². The summed E-state index contributed by atoms with van der Waals surface area (Å²) in [6, 6.07) is 7.20. The minimum atomic E-state index is -0.748. The van der Waals surface area contributed by atoms with Crippen molar-refractivity contribution in [2.45, 2.75) is 64.0 Å². The molecule has 1 aliphatic heterocycles. The fourth-order valence-electron chi connectivity index (χ4n) is 4.22. The lowest BCUT2D eigenvalue weighted by Gasteiger charge is -2.41. The van der Waals surface area contributed by atoms with Crippen LogP contribution in [0.5, 0.6) is 0 Å². The first-order chi connectivity index (χ1) is 9.97. The fraction of sp³-hybridized carbons (Fsp3) is 0.684. The molecule has 1 unspecified atom stereocenters. The first kappa shape index (κ1) is 15.1. The number of likely N-dealkylation sites (N-methyl/N-ethyl adjacent to an activating group) is 1. The highest BCUT2D eigenvalue weighted by molar-refractivity contribution is 5.38. The molecule has 1 N–H and O–H groups in total. The Bertz CT molecular complexity index is 497. The standard InChI is InChI=1S/C19H29NO/c1-19(2,21)16-10-9-14-11-12-20(3)18(17(14)13-16)15-7-5-4-6-8-15/h9-10,13,15,18,21H,4-8,11-12H2,1-3H3. The molecule has 1 fully saturated rings. The van der Waals surface area contributed by atoms with Crippen LogP contribution in [0.15, 0.2) is 18.2 Å². The molecule has 3 rings (SSSR count). The summed E-state index contributed by atoms with van der Waals surface area (Å²) in [4.78, 5) is 2.55. The van der Waals surface area contributed by atoms with Crippen molar-refractivity contribution in [3.05, 3.63) is 34.9 Å². The van der Waals surface area contributed by atoms with E-state index in [9.17, 15) is 5.11 Å². The number of hydrogen-bond acceptors (Lipinski definition) is 2. The lowest BCUT2D eigenvalue weighted by Crippen LogP contribution is -2.37. The smallest absolute Gasteiger partial charge is 0.0840 e. The van der Waals surface area contributed by atoms with E-state index in [2.05, 4.69) is 30.1 Å². The van der Waals surface area contributed by atoms with Crippen molar-refractivity contribution in [3.63, 3.8) is 0 Å². The second-order valence-corrected chi connectivity index (χ2v) is 7.55. The Kier molecular flexibility index (Phi) is 4.11. The van der Waals surface area contributed by atoms with E-state index < -0.39 is 5.60 Å². The molecule has 0 aromatic heterocycles. The zero-order chi connectivity index (χ0) is 15.0. The summed E-state index contributed by atoms with van der Waals surface area (Å²) >= 11 is 0. The van der Waals surface area contributed by atoms with Gasteiger partial charge in [-0.25, -0.2) is 0 Å². The third-order valence-corrected chi connectivity index (χ3v) is 5.48. The lowest BCUT2D eigenvalue weighted by atomic mass is 9.76. The molecule has 1 aromatic rings. The molecule has 0 bridgehead atoms. The van der Waals surface area contributed by atoms with E-state index in [1.807, 2.05) is 13.8 Å². The fourth-order valence-corrected chi connectivity index (χ4v) is 4.22. The molecule has 116 valence electrons. The second kappa shape index (κ2) is 5.73. The summed E-state index contributed by atoms with van der Waals surface area (Å²) in [6.07, 6.45) is 8.04. The van der Waals surface area contributed by atoms with Crippen LogP contribution in [0.2, 0.25) is 0 Å². The summed E-state index contributed by atoms with van der Waals surface area (Å²) in [5.41, 5.74) is 3.28. The van der Waals surface area contributed by atoms with Crippen molar-refractivity contribution >= 4 is 0 Å². The molecule has 1 heterocycles. The van der Waals surface area contributed by atoms with Crippen molar-refractivity contribution in [1.29, 1.82) is 0 Å². The van der Waals surface area contributed by atoms with E-state index >= 15 is 0 Å². The van der Waals surface area contributed by atoms with Gasteiger partial charge >= 0.3 is 0 Å². The zero-order valence-electron chi connectivity index (χ0n) is 13.7. The maximum Gasteiger partial charge on any atom is 0.0840 e. The number of benzene rings is 1. The molecular weight excluding hydrogens is 258 g/mol. The van der Waals surface area contributed by atoms with Crippen molar-refractivity contribution in [2.24, 2.45) is 5.92 Å². The van der Waals surface area contributed by atoms with E-state index in [4.69, 9.17) is 0 Å². The normalized spacial score (nSPS) is 24.9. The Morgan fingerprint density at radius 3 is 2.52 bits per heavy atom. The second-order valence-electron chi connectivity index (χ2n) is 7.55. The first-order valence-electron chi connectivity index (χ1n) is 8.53. The largest absolute Gasteiger partial charge is 0.386 e. The lowest BCUT2D eigenvalue weighted by molar-refractivity contribution is 0.0777. The number of aliphatic hydroxyl groups is 1. The molecular formula is C19H29NO. The third kappa shape index (κ3) is 3.02. The molecule has 0 amide bonds. The molecule has 0 spiro atoms.